The Kier molecular flexibility index (Phi) is 7.45. The van der Waals surface area contributed by atoms with Crippen LogP contribution in [0.3, 0.4) is 0 Å². The number of hydrogen-bond acceptors (Lipinski definition) is 3. The van der Waals surface area contributed by atoms with E-state index >= 15 is 0 Å². The summed E-state index contributed by atoms with van der Waals surface area (Å²) in [5.74, 6) is 0.141. The number of quaternary nitrogens is 2. The van der Waals surface area contributed by atoms with Gasteiger partial charge in [0.2, 0.25) is 10.0 Å². The molecule has 1 aromatic carbocycles. The van der Waals surface area contributed by atoms with Crippen LogP contribution in [0, 0.1) is 0 Å². The Morgan fingerprint density at radius 1 is 1.07 bits per heavy atom. The van der Waals surface area contributed by atoms with Crippen molar-refractivity contribution in [1.82, 2.24) is 9.62 Å². The van der Waals surface area contributed by atoms with Crippen molar-refractivity contribution < 1.29 is 23.0 Å². The summed E-state index contributed by atoms with van der Waals surface area (Å²) in [4.78, 5) is 15.2. The van der Waals surface area contributed by atoms with Crippen LogP contribution < -0.4 is 15.1 Å². The van der Waals surface area contributed by atoms with Crippen LogP contribution in [0.4, 0.5) is 0 Å². The third kappa shape index (κ3) is 6.01. The molecular weight excluding hydrogens is 376 g/mol. The molecule has 0 unspecified atom stereocenters. The molecule has 8 heteroatoms. The van der Waals surface area contributed by atoms with Gasteiger partial charge in [-0.2, -0.15) is 4.31 Å². The molecule has 2 saturated heterocycles. The number of nitrogens with one attached hydrogen (secondary N) is 3. The van der Waals surface area contributed by atoms with Gasteiger partial charge in [0.25, 0.3) is 5.91 Å². The number of piperidine rings is 1. The first-order chi connectivity index (χ1) is 13.5. The fraction of sp³-hybridized carbons (Fsp3) is 0.650. The molecule has 2 aliphatic heterocycles. The van der Waals surface area contributed by atoms with Crippen molar-refractivity contribution in [2.75, 3.05) is 52.4 Å². The van der Waals surface area contributed by atoms with Crippen LogP contribution in [0.1, 0.15) is 25.3 Å². The lowest BCUT2D eigenvalue weighted by atomic mass is 10.1. The predicted molar refractivity (Wildman–Crippen MR) is 109 cm³/mol. The summed E-state index contributed by atoms with van der Waals surface area (Å²) in [5, 5.41) is 3.18. The molecule has 156 valence electrons. The molecule has 1 aromatic rings. The second kappa shape index (κ2) is 9.82. The number of carbonyl (C=O) groups excluding carboxylic acids is 1. The minimum Gasteiger partial charge on any atom is -0.348 e. The predicted octanol–water partition coefficient (Wildman–Crippen LogP) is -2.10. The van der Waals surface area contributed by atoms with Gasteiger partial charge in [0.15, 0.2) is 6.54 Å². The molecule has 0 saturated carbocycles. The summed E-state index contributed by atoms with van der Waals surface area (Å²) in [5.41, 5.74) is 0.813. The standard InChI is InChI=1S/C20H32N4O3S/c1-2-22-10-8-19(9-11-22)21-20(25)16-23-12-14-24(15-13-23)28(26,27)17-18-6-4-3-5-7-18/h3-7,19H,2,8-17H2,1H3,(H,21,25)/p+2. The van der Waals surface area contributed by atoms with E-state index in [1.54, 1.807) is 9.21 Å². The highest BCUT2D eigenvalue weighted by molar-refractivity contribution is 7.88. The Morgan fingerprint density at radius 2 is 1.71 bits per heavy atom. The van der Waals surface area contributed by atoms with Crippen molar-refractivity contribution in [2.45, 2.75) is 31.6 Å². The van der Waals surface area contributed by atoms with Crippen molar-refractivity contribution in [3.05, 3.63) is 35.9 Å². The lowest BCUT2D eigenvalue weighted by Crippen LogP contribution is -3.16. The Morgan fingerprint density at radius 3 is 2.32 bits per heavy atom. The number of benzene rings is 1. The molecule has 2 heterocycles. The van der Waals surface area contributed by atoms with Crippen LogP contribution in [-0.4, -0.2) is 77.0 Å². The van der Waals surface area contributed by atoms with E-state index < -0.39 is 10.0 Å². The van der Waals surface area contributed by atoms with Crippen LogP contribution in [0.5, 0.6) is 0 Å². The molecule has 0 radical (unpaired) electrons. The lowest BCUT2D eigenvalue weighted by molar-refractivity contribution is -0.903. The summed E-state index contributed by atoms with van der Waals surface area (Å²) in [6.07, 6.45) is 2.10. The van der Waals surface area contributed by atoms with Gasteiger partial charge in [0.1, 0.15) is 0 Å². The quantitative estimate of drug-likeness (QED) is 0.482. The van der Waals surface area contributed by atoms with E-state index in [-0.39, 0.29) is 11.7 Å². The molecule has 1 amide bonds. The van der Waals surface area contributed by atoms with Gasteiger partial charge in [0.05, 0.1) is 51.6 Å². The fourth-order valence-corrected chi connectivity index (χ4v) is 5.70. The largest absolute Gasteiger partial charge is 0.348 e. The van der Waals surface area contributed by atoms with Crippen LogP contribution in [-0.2, 0) is 20.6 Å². The monoisotopic (exact) mass is 410 g/mol. The molecular formula is C20H34N4O3S+2. The maximum atomic E-state index is 12.6. The molecule has 0 aliphatic carbocycles. The molecule has 2 aliphatic rings. The summed E-state index contributed by atoms with van der Waals surface area (Å²) in [6.45, 7) is 8.39. The second-order valence-corrected chi connectivity index (χ2v) is 9.98. The van der Waals surface area contributed by atoms with E-state index in [2.05, 4.69) is 12.2 Å². The Hall–Kier alpha value is -1.48. The van der Waals surface area contributed by atoms with Gasteiger partial charge >= 0.3 is 0 Å². The highest BCUT2D eigenvalue weighted by Crippen LogP contribution is 2.10. The minimum absolute atomic E-state index is 0.0438. The first-order valence-electron chi connectivity index (χ1n) is 10.4. The number of hydrogen-bond donors (Lipinski definition) is 3. The maximum Gasteiger partial charge on any atom is 0.275 e. The van der Waals surface area contributed by atoms with E-state index in [1.807, 2.05) is 30.3 Å². The Labute approximate surface area is 168 Å². The van der Waals surface area contributed by atoms with Crippen LogP contribution >= 0.6 is 0 Å². The van der Waals surface area contributed by atoms with Crippen LogP contribution in [0.15, 0.2) is 30.3 Å². The number of piperazine rings is 1. The van der Waals surface area contributed by atoms with Crippen LogP contribution in [0.2, 0.25) is 0 Å². The number of amides is 1. The molecule has 28 heavy (non-hydrogen) atoms. The first-order valence-corrected chi connectivity index (χ1v) is 12.1. The molecule has 0 spiro atoms. The number of carbonyl (C=O) groups is 1. The second-order valence-electron chi connectivity index (χ2n) is 8.01. The highest BCUT2D eigenvalue weighted by atomic mass is 32.2. The topological polar surface area (TPSA) is 75.4 Å². The number of nitrogens with zero attached hydrogens (tertiary/aromatic N) is 1. The zero-order chi connectivity index (χ0) is 20.0. The first kappa shape index (κ1) is 21.2. The molecule has 0 aromatic heterocycles. The molecule has 0 bridgehead atoms. The van der Waals surface area contributed by atoms with Gasteiger partial charge in [-0.15, -0.1) is 0 Å². The maximum absolute atomic E-state index is 12.6. The lowest BCUT2D eigenvalue weighted by Gasteiger charge is -2.32. The zero-order valence-corrected chi connectivity index (χ0v) is 17.6. The Balaban J connectivity index is 1.40. The van der Waals surface area contributed by atoms with Crippen molar-refractivity contribution >= 4 is 15.9 Å². The van der Waals surface area contributed by atoms with Gasteiger partial charge in [0, 0.05) is 18.9 Å². The van der Waals surface area contributed by atoms with Crippen LogP contribution in [0.25, 0.3) is 0 Å². The van der Waals surface area contributed by atoms with E-state index in [9.17, 15) is 13.2 Å². The van der Waals surface area contributed by atoms with Crippen molar-refractivity contribution in [3.8, 4) is 0 Å². The van der Waals surface area contributed by atoms with E-state index in [0.29, 0.717) is 38.8 Å². The summed E-state index contributed by atoms with van der Waals surface area (Å²) >= 11 is 0. The molecule has 2 fully saturated rings. The Bertz CT molecular complexity index is 725. The number of likely N-dealkylation sites (tertiary alicyclic amines) is 1. The van der Waals surface area contributed by atoms with E-state index in [0.717, 1.165) is 38.0 Å². The SMILES string of the molecule is CC[NH+]1CCC(NC(=O)C[NH+]2CCN(S(=O)(=O)Cc3ccccc3)CC2)CC1. The zero-order valence-electron chi connectivity index (χ0n) is 16.8. The summed E-state index contributed by atoms with van der Waals surface area (Å²) in [6, 6.07) is 9.59. The summed E-state index contributed by atoms with van der Waals surface area (Å²) < 4.78 is 26.8. The smallest absolute Gasteiger partial charge is 0.275 e. The average molecular weight is 411 g/mol. The third-order valence-corrected chi connectivity index (χ3v) is 7.83. The molecule has 3 N–H and O–H groups in total. The van der Waals surface area contributed by atoms with Gasteiger partial charge in [-0.3, -0.25) is 4.79 Å². The normalized spacial score (nSPS) is 24.8. The van der Waals surface area contributed by atoms with Crippen molar-refractivity contribution in [3.63, 3.8) is 0 Å². The van der Waals surface area contributed by atoms with Gasteiger partial charge in [-0.25, -0.2) is 8.42 Å². The van der Waals surface area contributed by atoms with E-state index in [4.69, 9.17) is 0 Å². The highest BCUT2D eigenvalue weighted by Gasteiger charge is 2.30. The van der Waals surface area contributed by atoms with Gasteiger partial charge in [-0.05, 0) is 12.5 Å². The number of sulfonamides is 1. The molecule has 7 nitrogen and oxygen atoms in total. The summed E-state index contributed by atoms with van der Waals surface area (Å²) in [7, 11) is -3.30. The number of rotatable bonds is 7. The third-order valence-electron chi connectivity index (χ3n) is 5.98. The van der Waals surface area contributed by atoms with Gasteiger partial charge in [-0.1, -0.05) is 30.3 Å². The molecule has 3 rings (SSSR count). The average Bonchev–Trinajstić information content (AvgIpc) is 2.69. The van der Waals surface area contributed by atoms with E-state index in [1.165, 1.54) is 4.90 Å². The van der Waals surface area contributed by atoms with Gasteiger partial charge < -0.3 is 15.1 Å². The van der Waals surface area contributed by atoms with Crippen molar-refractivity contribution in [1.29, 1.82) is 0 Å². The molecule has 0 atom stereocenters. The minimum atomic E-state index is -3.30. The van der Waals surface area contributed by atoms with Crippen molar-refractivity contribution in [2.24, 2.45) is 0 Å². The fourth-order valence-electron chi connectivity index (χ4n) is 4.16.